The third-order valence-corrected chi connectivity index (χ3v) is 2.44. The van der Waals surface area contributed by atoms with Crippen LogP contribution in [0.25, 0.3) is 0 Å². The molecule has 0 aromatic heterocycles. The fourth-order valence-electron chi connectivity index (χ4n) is 0.967. The Kier molecular flexibility index (Phi) is 3.51. The number of carbonyl (C=O) groups is 1. The molecule has 1 N–H and O–H groups in total. The van der Waals surface area contributed by atoms with Gasteiger partial charge in [0.05, 0.1) is 0 Å². The van der Waals surface area contributed by atoms with Gasteiger partial charge in [-0.3, -0.25) is 4.79 Å². The predicted molar refractivity (Wildman–Crippen MR) is 55.0 cm³/mol. The summed E-state index contributed by atoms with van der Waals surface area (Å²) in [7, 11) is 0. The van der Waals surface area contributed by atoms with E-state index in [4.69, 9.17) is 0 Å². The van der Waals surface area contributed by atoms with Crippen molar-refractivity contribution in [1.82, 2.24) is 0 Å². The molecule has 0 aliphatic rings. The topological polar surface area (TPSA) is 37.3 Å². The van der Waals surface area contributed by atoms with E-state index in [0.29, 0.717) is 5.56 Å². The van der Waals surface area contributed by atoms with E-state index in [1.54, 1.807) is 18.4 Å². The van der Waals surface area contributed by atoms with Crippen LogP contribution in [0, 0.1) is 6.92 Å². The highest BCUT2D eigenvalue weighted by Gasteiger charge is 2.14. The molecule has 1 rings (SSSR count). The number of hydrogen-bond donors (Lipinski definition) is 1. The number of benzene rings is 1. The van der Waals surface area contributed by atoms with E-state index in [1.165, 1.54) is 0 Å². The zero-order chi connectivity index (χ0) is 9.84. The minimum Gasteiger partial charge on any atom is -0.374 e. The minimum atomic E-state index is -0.942. The summed E-state index contributed by atoms with van der Waals surface area (Å²) in [5.74, 6) is -0.229. The van der Waals surface area contributed by atoms with Crippen molar-refractivity contribution in [3.05, 3.63) is 35.4 Å². The lowest BCUT2D eigenvalue weighted by Crippen LogP contribution is -2.15. The Morgan fingerprint density at radius 1 is 1.38 bits per heavy atom. The molecule has 13 heavy (non-hydrogen) atoms. The Labute approximate surface area is 82.0 Å². The normalized spacial score (nSPS) is 12.5. The van der Waals surface area contributed by atoms with Gasteiger partial charge >= 0.3 is 0 Å². The summed E-state index contributed by atoms with van der Waals surface area (Å²) in [5, 5.41) is 9.26. The lowest BCUT2D eigenvalue weighted by atomic mass is 10.1. The highest BCUT2D eigenvalue weighted by Crippen LogP contribution is 2.11. The van der Waals surface area contributed by atoms with E-state index >= 15 is 0 Å². The van der Waals surface area contributed by atoms with Crippen molar-refractivity contribution in [3.63, 3.8) is 0 Å². The van der Waals surface area contributed by atoms with Gasteiger partial charge in [-0.1, -0.05) is 29.8 Å². The second-order valence-corrected chi connectivity index (χ2v) is 3.74. The van der Waals surface area contributed by atoms with Gasteiger partial charge in [-0.15, -0.1) is 11.8 Å². The van der Waals surface area contributed by atoms with Crippen LogP contribution in [0.4, 0.5) is 0 Å². The molecular weight excluding hydrogens is 184 g/mol. The standard InChI is InChI=1S/C10H12O2S/c1-7-3-5-8(6-4-7)9(11)10(12)13-2/h3-6,10,12H,1-2H3. The van der Waals surface area contributed by atoms with Gasteiger partial charge in [-0.2, -0.15) is 0 Å². The second kappa shape index (κ2) is 4.44. The number of aliphatic hydroxyl groups is 1. The summed E-state index contributed by atoms with van der Waals surface area (Å²) < 4.78 is 0. The number of hydrogen-bond acceptors (Lipinski definition) is 3. The number of aliphatic hydroxyl groups excluding tert-OH is 1. The highest BCUT2D eigenvalue weighted by atomic mass is 32.2. The molecule has 0 bridgehead atoms. The molecule has 0 saturated heterocycles. The van der Waals surface area contributed by atoms with E-state index in [0.717, 1.165) is 17.3 Å². The molecule has 0 aliphatic heterocycles. The average Bonchev–Trinajstić information content (AvgIpc) is 2.17. The van der Waals surface area contributed by atoms with E-state index in [1.807, 2.05) is 19.1 Å². The molecule has 0 amide bonds. The molecule has 0 spiro atoms. The Bertz CT molecular complexity index is 292. The van der Waals surface area contributed by atoms with E-state index in [2.05, 4.69) is 0 Å². The minimum absolute atomic E-state index is 0.229. The van der Waals surface area contributed by atoms with Gasteiger partial charge in [-0.25, -0.2) is 0 Å². The summed E-state index contributed by atoms with van der Waals surface area (Å²) in [4.78, 5) is 11.4. The molecule has 2 nitrogen and oxygen atoms in total. The number of thioether (sulfide) groups is 1. The lowest BCUT2D eigenvalue weighted by Gasteiger charge is -2.05. The van der Waals surface area contributed by atoms with Gasteiger partial charge in [0, 0.05) is 5.56 Å². The van der Waals surface area contributed by atoms with Crippen molar-refractivity contribution in [3.8, 4) is 0 Å². The highest BCUT2D eigenvalue weighted by molar-refractivity contribution is 7.99. The molecule has 0 aliphatic carbocycles. The average molecular weight is 196 g/mol. The van der Waals surface area contributed by atoms with Crippen LogP contribution in [-0.2, 0) is 0 Å². The van der Waals surface area contributed by atoms with Gasteiger partial charge in [0.15, 0.2) is 5.44 Å². The van der Waals surface area contributed by atoms with E-state index in [9.17, 15) is 9.90 Å². The van der Waals surface area contributed by atoms with E-state index < -0.39 is 5.44 Å². The summed E-state index contributed by atoms with van der Waals surface area (Å²) in [6.07, 6.45) is 1.71. The van der Waals surface area contributed by atoms with Crippen molar-refractivity contribution < 1.29 is 9.90 Å². The van der Waals surface area contributed by atoms with Crippen LogP contribution >= 0.6 is 11.8 Å². The molecule has 1 atom stereocenters. The molecule has 0 heterocycles. The maximum Gasteiger partial charge on any atom is 0.201 e. The molecule has 1 unspecified atom stereocenters. The maximum atomic E-state index is 11.4. The molecule has 70 valence electrons. The predicted octanol–water partition coefficient (Wildman–Crippen LogP) is 1.86. The molecule has 0 saturated carbocycles. The van der Waals surface area contributed by atoms with Gasteiger partial charge in [0.2, 0.25) is 5.78 Å². The first kappa shape index (κ1) is 10.3. The monoisotopic (exact) mass is 196 g/mol. The van der Waals surface area contributed by atoms with Crippen LogP contribution in [0.15, 0.2) is 24.3 Å². The molecular formula is C10H12O2S. The number of aryl methyl sites for hydroxylation is 1. The Balaban J connectivity index is 2.83. The summed E-state index contributed by atoms with van der Waals surface area (Å²) >= 11 is 1.14. The van der Waals surface area contributed by atoms with Crippen LogP contribution in [-0.4, -0.2) is 22.6 Å². The lowest BCUT2D eigenvalue weighted by molar-refractivity contribution is 0.0869. The second-order valence-electron chi connectivity index (χ2n) is 2.82. The molecule has 0 fully saturated rings. The van der Waals surface area contributed by atoms with Crippen molar-refractivity contribution in [2.45, 2.75) is 12.4 Å². The van der Waals surface area contributed by atoms with Crippen LogP contribution in [0.2, 0.25) is 0 Å². The third-order valence-electron chi connectivity index (χ3n) is 1.78. The van der Waals surface area contributed by atoms with Crippen molar-refractivity contribution >= 4 is 17.5 Å². The zero-order valence-corrected chi connectivity index (χ0v) is 8.47. The third kappa shape index (κ3) is 2.57. The van der Waals surface area contributed by atoms with Crippen LogP contribution in [0.1, 0.15) is 15.9 Å². The van der Waals surface area contributed by atoms with Gasteiger partial charge in [-0.05, 0) is 13.2 Å². The molecule has 1 aromatic carbocycles. The number of Topliss-reactive ketones (excluding diaryl/α,β-unsaturated/α-hetero) is 1. The molecule has 1 aromatic rings. The first-order chi connectivity index (χ1) is 6.15. The van der Waals surface area contributed by atoms with Crippen molar-refractivity contribution in [2.75, 3.05) is 6.26 Å². The number of ketones is 1. The van der Waals surface area contributed by atoms with Gasteiger partial charge in [0.1, 0.15) is 0 Å². The fraction of sp³-hybridized carbons (Fsp3) is 0.300. The number of carbonyl (C=O) groups excluding carboxylic acids is 1. The van der Waals surface area contributed by atoms with Gasteiger partial charge < -0.3 is 5.11 Å². The summed E-state index contributed by atoms with van der Waals surface area (Å²) in [6.45, 7) is 1.96. The van der Waals surface area contributed by atoms with Gasteiger partial charge in [0.25, 0.3) is 0 Å². The molecule has 0 radical (unpaired) electrons. The Morgan fingerprint density at radius 2 is 1.92 bits per heavy atom. The largest absolute Gasteiger partial charge is 0.374 e. The first-order valence-electron chi connectivity index (χ1n) is 3.97. The fourth-order valence-corrected chi connectivity index (χ4v) is 1.32. The van der Waals surface area contributed by atoms with Crippen molar-refractivity contribution in [1.29, 1.82) is 0 Å². The SMILES string of the molecule is CSC(O)C(=O)c1ccc(C)cc1. The summed E-state index contributed by atoms with van der Waals surface area (Å²) in [5.41, 5.74) is 0.727. The quantitative estimate of drug-likeness (QED) is 0.592. The van der Waals surface area contributed by atoms with Crippen molar-refractivity contribution in [2.24, 2.45) is 0 Å². The Hall–Kier alpha value is -0.800. The molecule has 3 heteroatoms. The van der Waals surface area contributed by atoms with Crippen LogP contribution in [0.3, 0.4) is 0 Å². The summed E-state index contributed by atoms with van der Waals surface area (Å²) in [6, 6.07) is 7.19. The first-order valence-corrected chi connectivity index (χ1v) is 5.25. The zero-order valence-electron chi connectivity index (χ0n) is 7.65. The maximum absolute atomic E-state index is 11.4. The van der Waals surface area contributed by atoms with Crippen LogP contribution < -0.4 is 0 Å². The number of rotatable bonds is 3. The van der Waals surface area contributed by atoms with Crippen LogP contribution in [0.5, 0.6) is 0 Å². The Morgan fingerprint density at radius 3 is 2.38 bits per heavy atom. The van der Waals surface area contributed by atoms with E-state index in [-0.39, 0.29) is 5.78 Å². The smallest absolute Gasteiger partial charge is 0.201 e.